The minimum atomic E-state index is -4.35. The molecular formula is C13H14F5N3O2. The summed E-state index contributed by atoms with van der Waals surface area (Å²) >= 11 is 0. The van der Waals surface area contributed by atoms with E-state index in [1.165, 1.54) is 16.7 Å². The molecule has 1 unspecified atom stereocenters. The monoisotopic (exact) mass is 339 g/mol. The van der Waals surface area contributed by atoms with Gasteiger partial charge < -0.3 is 4.90 Å². The first kappa shape index (κ1) is 17.4. The molecule has 1 aliphatic rings. The molecule has 1 atom stereocenters. The topological polar surface area (TPSA) is 49.6 Å². The first-order valence-corrected chi connectivity index (χ1v) is 6.77. The Balaban J connectivity index is 2.18. The first-order chi connectivity index (χ1) is 10.6. The zero-order chi connectivity index (χ0) is 17.4. The Morgan fingerprint density at radius 3 is 2.26 bits per heavy atom. The third-order valence-corrected chi connectivity index (χ3v) is 3.68. The van der Waals surface area contributed by atoms with Crippen LogP contribution in [0.5, 0.6) is 0 Å². The molecule has 0 bridgehead atoms. The van der Waals surface area contributed by atoms with E-state index in [9.17, 15) is 32.1 Å². The van der Waals surface area contributed by atoms with Crippen LogP contribution in [0.25, 0.3) is 0 Å². The molecule has 0 amide bonds. The number of halogens is 5. The molecule has 128 valence electrons. The summed E-state index contributed by atoms with van der Waals surface area (Å²) in [6.45, 7) is 0.399. The normalized spacial score (nSPS) is 19.9. The van der Waals surface area contributed by atoms with Crippen LogP contribution in [0.4, 0.5) is 33.3 Å². The van der Waals surface area contributed by atoms with Crippen molar-refractivity contribution >= 4 is 11.4 Å². The van der Waals surface area contributed by atoms with Gasteiger partial charge >= 0.3 is 6.18 Å². The molecule has 1 heterocycles. The lowest BCUT2D eigenvalue weighted by Gasteiger charge is -2.41. The fourth-order valence-corrected chi connectivity index (χ4v) is 2.62. The number of alkyl halides is 3. The van der Waals surface area contributed by atoms with Crippen LogP contribution >= 0.6 is 0 Å². The molecule has 1 fully saturated rings. The van der Waals surface area contributed by atoms with E-state index in [1.807, 2.05) is 0 Å². The second-order valence-corrected chi connectivity index (χ2v) is 5.40. The summed E-state index contributed by atoms with van der Waals surface area (Å²) < 4.78 is 65.3. The van der Waals surface area contributed by atoms with E-state index in [0.29, 0.717) is 12.1 Å². The van der Waals surface area contributed by atoms with Crippen LogP contribution in [0.3, 0.4) is 0 Å². The lowest BCUT2D eigenvalue weighted by molar-refractivity contribution is -0.385. The molecule has 1 aromatic carbocycles. The van der Waals surface area contributed by atoms with E-state index >= 15 is 0 Å². The van der Waals surface area contributed by atoms with E-state index < -0.39 is 46.7 Å². The summed E-state index contributed by atoms with van der Waals surface area (Å²) in [7, 11) is 0. The number of hydrogen-bond donors (Lipinski definition) is 0. The fourth-order valence-electron chi connectivity index (χ4n) is 2.62. The molecule has 1 aliphatic heterocycles. The van der Waals surface area contributed by atoms with Crippen molar-refractivity contribution in [1.29, 1.82) is 0 Å². The third kappa shape index (κ3) is 4.06. The van der Waals surface area contributed by atoms with E-state index in [4.69, 9.17) is 0 Å². The number of hydrogen-bond acceptors (Lipinski definition) is 4. The maximum atomic E-state index is 14.0. The molecule has 23 heavy (non-hydrogen) atoms. The van der Waals surface area contributed by atoms with E-state index in [-0.39, 0.29) is 19.6 Å². The Morgan fingerprint density at radius 2 is 1.83 bits per heavy atom. The van der Waals surface area contributed by atoms with E-state index in [2.05, 4.69) is 0 Å². The van der Waals surface area contributed by atoms with Gasteiger partial charge in [-0.2, -0.15) is 13.2 Å². The van der Waals surface area contributed by atoms with Gasteiger partial charge in [0.25, 0.3) is 5.69 Å². The average Bonchev–Trinajstić information content (AvgIpc) is 2.39. The van der Waals surface area contributed by atoms with Crippen LogP contribution in [0.15, 0.2) is 12.1 Å². The highest BCUT2D eigenvalue weighted by Gasteiger charge is 2.36. The Bertz CT molecular complexity index is 585. The Morgan fingerprint density at radius 1 is 1.26 bits per heavy atom. The van der Waals surface area contributed by atoms with Gasteiger partial charge in [0.1, 0.15) is 5.69 Å². The highest BCUT2D eigenvalue weighted by Crippen LogP contribution is 2.30. The highest BCUT2D eigenvalue weighted by molar-refractivity contribution is 5.54. The molecule has 1 aromatic rings. The number of nitro groups is 1. The van der Waals surface area contributed by atoms with Gasteiger partial charge in [-0.25, -0.2) is 8.78 Å². The fraction of sp³-hybridized carbons (Fsp3) is 0.538. The molecule has 0 aromatic heterocycles. The van der Waals surface area contributed by atoms with Gasteiger partial charge in [-0.3, -0.25) is 15.0 Å². The number of benzene rings is 1. The van der Waals surface area contributed by atoms with Crippen LogP contribution in [0.2, 0.25) is 0 Å². The lowest BCUT2D eigenvalue weighted by atomic mass is 10.1. The molecule has 5 nitrogen and oxygen atoms in total. The predicted octanol–water partition coefficient (Wildman–Crippen LogP) is 2.95. The minimum Gasteiger partial charge on any atom is -0.364 e. The van der Waals surface area contributed by atoms with Gasteiger partial charge in [-0.15, -0.1) is 0 Å². The first-order valence-electron chi connectivity index (χ1n) is 6.77. The van der Waals surface area contributed by atoms with Crippen molar-refractivity contribution in [3.8, 4) is 0 Å². The number of non-ortho nitro benzene ring substituents is 1. The van der Waals surface area contributed by atoms with Crippen LogP contribution in [0, 0.1) is 21.7 Å². The molecule has 0 spiro atoms. The molecule has 1 saturated heterocycles. The Hall–Kier alpha value is -1.97. The van der Waals surface area contributed by atoms with Gasteiger partial charge in [-0.1, -0.05) is 0 Å². The molecule has 10 heteroatoms. The van der Waals surface area contributed by atoms with Crippen LogP contribution in [0.1, 0.15) is 6.92 Å². The van der Waals surface area contributed by atoms with Gasteiger partial charge in [0.05, 0.1) is 23.6 Å². The van der Waals surface area contributed by atoms with Crippen molar-refractivity contribution in [3.63, 3.8) is 0 Å². The molecular weight excluding hydrogens is 325 g/mol. The molecule has 0 radical (unpaired) electrons. The van der Waals surface area contributed by atoms with Gasteiger partial charge in [-0.05, 0) is 6.92 Å². The van der Waals surface area contributed by atoms with Crippen molar-refractivity contribution in [2.75, 3.05) is 31.1 Å². The summed E-state index contributed by atoms with van der Waals surface area (Å²) in [4.78, 5) is 12.1. The van der Waals surface area contributed by atoms with Gasteiger partial charge in [0, 0.05) is 25.7 Å². The average molecular weight is 339 g/mol. The standard InChI is InChI=1S/C13H14F5N3O2/c1-8-6-19(2-3-20(8)7-13(16,17)18)12-10(14)4-9(21(22)23)5-11(12)15/h4-5,8H,2-3,6-7H2,1H3. The van der Waals surface area contributed by atoms with Crippen LogP contribution in [-0.4, -0.2) is 48.2 Å². The Kier molecular flexibility index (Phi) is 4.73. The quantitative estimate of drug-likeness (QED) is 0.483. The zero-order valence-electron chi connectivity index (χ0n) is 12.1. The number of anilines is 1. The summed E-state index contributed by atoms with van der Waals surface area (Å²) in [5.41, 5.74) is -1.17. The Labute approximate surface area is 128 Å². The number of nitrogens with zero attached hydrogens (tertiary/aromatic N) is 3. The highest BCUT2D eigenvalue weighted by atomic mass is 19.4. The summed E-state index contributed by atoms with van der Waals surface area (Å²) in [6.07, 6.45) is -4.35. The number of piperazine rings is 1. The third-order valence-electron chi connectivity index (χ3n) is 3.68. The van der Waals surface area contributed by atoms with Crippen molar-refractivity contribution in [1.82, 2.24) is 4.90 Å². The second kappa shape index (κ2) is 6.26. The second-order valence-electron chi connectivity index (χ2n) is 5.40. The summed E-state index contributed by atoms with van der Waals surface area (Å²) in [6, 6.07) is 0.635. The van der Waals surface area contributed by atoms with Crippen LogP contribution in [-0.2, 0) is 0 Å². The number of nitro benzene ring substituents is 1. The molecule has 0 aliphatic carbocycles. The zero-order valence-corrected chi connectivity index (χ0v) is 12.1. The maximum absolute atomic E-state index is 14.0. The number of rotatable bonds is 3. The van der Waals surface area contributed by atoms with Crippen molar-refractivity contribution in [3.05, 3.63) is 33.9 Å². The van der Waals surface area contributed by atoms with Crippen molar-refractivity contribution < 1.29 is 26.9 Å². The van der Waals surface area contributed by atoms with Crippen molar-refractivity contribution in [2.24, 2.45) is 0 Å². The molecule has 2 rings (SSSR count). The maximum Gasteiger partial charge on any atom is 0.401 e. The lowest BCUT2D eigenvalue weighted by Crippen LogP contribution is -2.54. The van der Waals surface area contributed by atoms with E-state index in [1.54, 1.807) is 0 Å². The summed E-state index contributed by atoms with van der Waals surface area (Å²) in [5, 5.41) is 10.6. The minimum absolute atomic E-state index is 0.00787. The van der Waals surface area contributed by atoms with Gasteiger partial charge in [0.15, 0.2) is 11.6 Å². The van der Waals surface area contributed by atoms with Crippen LogP contribution < -0.4 is 4.90 Å². The molecule has 0 N–H and O–H groups in total. The SMILES string of the molecule is CC1CN(c2c(F)cc([N+](=O)[O-])cc2F)CCN1CC(F)(F)F. The van der Waals surface area contributed by atoms with Gasteiger partial charge in [0.2, 0.25) is 0 Å². The smallest absolute Gasteiger partial charge is 0.364 e. The van der Waals surface area contributed by atoms with E-state index in [0.717, 1.165) is 0 Å². The predicted molar refractivity (Wildman–Crippen MR) is 72.3 cm³/mol. The van der Waals surface area contributed by atoms with Crippen molar-refractivity contribution in [2.45, 2.75) is 19.1 Å². The summed E-state index contributed by atoms with van der Waals surface area (Å²) in [5.74, 6) is -2.21. The largest absolute Gasteiger partial charge is 0.401 e. The molecule has 0 saturated carbocycles.